The topological polar surface area (TPSA) is 69.1 Å². The molecule has 0 fully saturated rings. The minimum Gasteiger partial charge on any atom is -0.325 e. The molecule has 0 aliphatic heterocycles. The van der Waals surface area contributed by atoms with Gasteiger partial charge in [-0.15, -0.1) is 0 Å². The quantitative estimate of drug-likeness (QED) is 0.599. The Kier molecular flexibility index (Phi) is 4.42. The molecule has 0 aromatic carbocycles. The van der Waals surface area contributed by atoms with Crippen LogP contribution in [0.4, 0.5) is 0 Å². The van der Waals surface area contributed by atoms with E-state index in [2.05, 4.69) is 6.92 Å². The second-order valence-corrected chi connectivity index (χ2v) is 4.10. The average Bonchev–Trinajstić information content (AvgIpc) is 1.97. The molecule has 0 saturated carbocycles. The van der Waals surface area contributed by atoms with Crippen LogP contribution >= 0.6 is 0 Å². The van der Waals surface area contributed by atoms with E-state index in [0.29, 0.717) is 5.92 Å². The monoisotopic (exact) mass is 172 g/mol. The van der Waals surface area contributed by atoms with Crippen LogP contribution in [-0.2, 0) is 4.79 Å². The number of carbonyl (C=O) groups excluding carboxylic acids is 1. The highest BCUT2D eigenvalue weighted by Gasteiger charge is 2.20. The zero-order valence-corrected chi connectivity index (χ0v) is 8.21. The van der Waals surface area contributed by atoms with Crippen molar-refractivity contribution in [1.82, 2.24) is 0 Å². The molecular weight excluding hydrogens is 152 g/mol. The first-order valence-corrected chi connectivity index (χ1v) is 4.37. The van der Waals surface area contributed by atoms with Gasteiger partial charge in [0.15, 0.2) is 0 Å². The first kappa shape index (κ1) is 11.6. The summed E-state index contributed by atoms with van der Waals surface area (Å²) in [6.07, 6.45) is 2.42. The maximum absolute atomic E-state index is 10.2. The molecule has 2 unspecified atom stereocenters. The molecular formula is C9H20N2O. The van der Waals surface area contributed by atoms with Crippen molar-refractivity contribution >= 4 is 6.29 Å². The van der Waals surface area contributed by atoms with Gasteiger partial charge in [0.25, 0.3) is 0 Å². The van der Waals surface area contributed by atoms with E-state index >= 15 is 0 Å². The number of hydrogen-bond acceptors (Lipinski definition) is 3. The van der Waals surface area contributed by atoms with E-state index in [4.69, 9.17) is 11.5 Å². The van der Waals surface area contributed by atoms with Crippen LogP contribution in [0, 0.1) is 5.92 Å². The van der Waals surface area contributed by atoms with Crippen LogP contribution < -0.4 is 11.5 Å². The Hall–Kier alpha value is -0.410. The summed E-state index contributed by atoms with van der Waals surface area (Å²) in [4.78, 5) is 10.2. The molecule has 0 aromatic heterocycles. The summed E-state index contributed by atoms with van der Waals surface area (Å²) < 4.78 is 0. The van der Waals surface area contributed by atoms with Gasteiger partial charge in [-0.2, -0.15) is 0 Å². The fourth-order valence-corrected chi connectivity index (χ4v) is 0.882. The third kappa shape index (κ3) is 4.46. The second kappa shape index (κ2) is 4.58. The minimum atomic E-state index is -0.324. The maximum Gasteiger partial charge on any atom is 0.136 e. The molecule has 0 spiro atoms. The molecule has 72 valence electrons. The molecule has 4 N–H and O–H groups in total. The number of nitrogens with two attached hydrogens (primary N) is 2. The molecule has 3 heteroatoms. The number of aldehydes is 1. The molecule has 0 amide bonds. The normalized spacial score (nSPS) is 17.1. The van der Waals surface area contributed by atoms with Gasteiger partial charge in [-0.05, 0) is 32.6 Å². The van der Waals surface area contributed by atoms with Gasteiger partial charge in [0.2, 0.25) is 0 Å². The van der Waals surface area contributed by atoms with Crippen LogP contribution in [0.1, 0.15) is 33.6 Å². The lowest BCUT2D eigenvalue weighted by atomic mass is 9.86. The highest BCUT2D eigenvalue weighted by atomic mass is 16.1. The van der Waals surface area contributed by atoms with Gasteiger partial charge in [-0.3, -0.25) is 0 Å². The van der Waals surface area contributed by atoms with Crippen molar-refractivity contribution in [3.8, 4) is 0 Å². The maximum atomic E-state index is 10.2. The van der Waals surface area contributed by atoms with Gasteiger partial charge >= 0.3 is 0 Å². The molecule has 0 radical (unpaired) electrons. The second-order valence-electron chi connectivity index (χ2n) is 4.10. The zero-order valence-electron chi connectivity index (χ0n) is 8.21. The van der Waals surface area contributed by atoms with Crippen LogP contribution in [0.2, 0.25) is 0 Å². The van der Waals surface area contributed by atoms with Crippen molar-refractivity contribution in [3.05, 3.63) is 0 Å². The molecule has 0 rings (SSSR count). The third-order valence-corrected chi connectivity index (χ3v) is 2.38. The molecule has 2 atom stereocenters. The molecule has 12 heavy (non-hydrogen) atoms. The van der Waals surface area contributed by atoms with Crippen molar-refractivity contribution in [3.63, 3.8) is 0 Å². The lowest BCUT2D eigenvalue weighted by Crippen LogP contribution is -2.40. The van der Waals surface area contributed by atoms with E-state index < -0.39 is 0 Å². The zero-order chi connectivity index (χ0) is 9.78. The van der Waals surface area contributed by atoms with Crippen LogP contribution in [0.3, 0.4) is 0 Å². The van der Waals surface area contributed by atoms with Crippen LogP contribution in [0.5, 0.6) is 0 Å². The minimum absolute atomic E-state index is 0.178. The number of carbonyl (C=O) groups is 1. The first-order valence-electron chi connectivity index (χ1n) is 4.37. The lowest BCUT2D eigenvalue weighted by Gasteiger charge is -2.27. The van der Waals surface area contributed by atoms with E-state index in [0.717, 1.165) is 19.1 Å². The first-order chi connectivity index (χ1) is 5.38. The fourth-order valence-electron chi connectivity index (χ4n) is 0.882. The molecule has 0 saturated heterocycles. The van der Waals surface area contributed by atoms with Gasteiger partial charge in [0, 0.05) is 5.54 Å². The van der Waals surface area contributed by atoms with Crippen molar-refractivity contribution in [1.29, 1.82) is 0 Å². The van der Waals surface area contributed by atoms with Crippen molar-refractivity contribution in [2.24, 2.45) is 17.4 Å². The van der Waals surface area contributed by atoms with Crippen molar-refractivity contribution < 1.29 is 4.79 Å². The molecule has 0 aliphatic carbocycles. The smallest absolute Gasteiger partial charge is 0.136 e. The molecule has 3 nitrogen and oxygen atoms in total. The Balaban J connectivity index is 3.71. The Morgan fingerprint density at radius 1 is 1.42 bits per heavy atom. The summed E-state index contributed by atoms with van der Waals surface area (Å²) in [5.74, 6) is 0.392. The third-order valence-electron chi connectivity index (χ3n) is 2.38. The predicted octanol–water partition coefficient (Wildman–Crippen LogP) is 0.666. The molecule has 0 bridgehead atoms. The van der Waals surface area contributed by atoms with Crippen LogP contribution in [-0.4, -0.2) is 17.9 Å². The van der Waals surface area contributed by atoms with Gasteiger partial charge in [0.05, 0.1) is 6.04 Å². The van der Waals surface area contributed by atoms with Gasteiger partial charge in [0.1, 0.15) is 6.29 Å². The predicted molar refractivity (Wildman–Crippen MR) is 50.7 cm³/mol. The van der Waals surface area contributed by atoms with E-state index in [9.17, 15) is 4.79 Å². The Bertz CT molecular complexity index is 140. The summed E-state index contributed by atoms with van der Waals surface area (Å²) >= 11 is 0. The lowest BCUT2D eigenvalue weighted by molar-refractivity contribution is -0.109. The largest absolute Gasteiger partial charge is 0.325 e. The van der Waals surface area contributed by atoms with Gasteiger partial charge in [-0.1, -0.05) is 6.92 Å². The van der Waals surface area contributed by atoms with Gasteiger partial charge < -0.3 is 16.3 Å². The van der Waals surface area contributed by atoms with Crippen LogP contribution in [0.15, 0.2) is 0 Å². The Morgan fingerprint density at radius 3 is 2.25 bits per heavy atom. The average molecular weight is 172 g/mol. The Labute approximate surface area is 74.5 Å². The molecule has 0 aromatic rings. The van der Waals surface area contributed by atoms with E-state index in [1.165, 1.54) is 0 Å². The van der Waals surface area contributed by atoms with E-state index in [-0.39, 0.29) is 11.6 Å². The number of hydrogen-bond donors (Lipinski definition) is 2. The summed E-state index contributed by atoms with van der Waals surface area (Å²) in [7, 11) is 0. The fraction of sp³-hybridized carbons (Fsp3) is 0.889. The molecule has 0 heterocycles. The van der Waals surface area contributed by atoms with Gasteiger partial charge in [-0.25, -0.2) is 0 Å². The van der Waals surface area contributed by atoms with Crippen LogP contribution in [0.25, 0.3) is 0 Å². The summed E-state index contributed by atoms with van der Waals surface area (Å²) in [6.45, 7) is 6.06. The Morgan fingerprint density at radius 2 is 1.92 bits per heavy atom. The summed E-state index contributed by atoms with van der Waals surface area (Å²) in [5.41, 5.74) is 11.2. The highest BCUT2D eigenvalue weighted by Crippen LogP contribution is 2.18. The standard InChI is InChI=1S/C9H20N2O/c1-7(9(2,3)11)4-5-8(10)6-12/h6-8H,4-5,10-11H2,1-3H3. The summed E-state index contributed by atoms with van der Waals surface area (Å²) in [5, 5.41) is 0. The van der Waals surface area contributed by atoms with Crippen molar-refractivity contribution in [2.75, 3.05) is 0 Å². The SMILES string of the molecule is CC(CCC(N)C=O)C(C)(C)N. The van der Waals surface area contributed by atoms with Crippen molar-refractivity contribution in [2.45, 2.75) is 45.2 Å². The molecule has 0 aliphatic rings. The number of rotatable bonds is 5. The van der Waals surface area contributed by atoms with E-state index in [1.54, 1.807) is 0 Å². The summed E-state index contributed by atoms with van der Waals surface area (Å²) in [6, 6.07) is -0.324. The highest BCUT2D eigenvalue weighted by molar-refractivity contribution is 5.56. The van der Waals surface area contributed by atoms with E-state index in [1.807, 2.05) is 13.8 Å².